The molecule has 0 radical (unpaired) electrons. The number of methoxy groups -OCH3 is 1. The molecular weight excluding hydrogens is 420 g/mol. The molecule has 0 aliphatic carbocycles. The number of rotatable bonds is 8. The molecular formula is C30H36N2O2. The fraction of sp³-hybridized carbons (Fsp3) is 0.367. The molecule has 4 nitrogen and oxygen atoms in total. The normalized spacial score (nSPS) is 18.3. The van der Waals surface area contributed by atoms with Crippen LogP contribution in [0.1, 0.15) is 46.8 Å². The van der Waals surface area contributed by atoms with Crippen molar-refractivity contribution in [1.82, 2.24) is 9.80 Å². The Morgan fingerprint density at radius 1 is 0.971 bits per heavy atom. The lowest BCUT2D eigenvalue weighted by Gasteiger charge is -2.32. The topological polar surface area (TPSA) is 32.8 Å². The van der Waals surface area contributed by atoms with Gasteiger partial charge in [0.05, 0.1) is 7.11 Å². The molecule has 4 rings (SSSR count). The van der Waals surface area contributed by atoms with Gasteiger partial charge in [0.15, 0.2) is 0 Å². The number of likely N-dealkylation sites (tertiary alicyclic amines) is 1. The first-order chi connectivity index (χ1) is 16.5. The molecule has 1 heterocycles. The number of aryl methyl sites for hydroxylation is 1. The summed E-state index contributed by atoms with van der Waals surface area (Å²) in [5.74, 6) is 1.76. The smallest absolute Gasteiger partial charge is 0.254 e. The molecule has 2 atom stereocenters. The zero-order valence-electron chi connectivity index (χ0n) is 20.8. The SMILES string of the molecule is COc1ccc(CN2CC(CN(C(=O)c3ccccc3)C(C)C)C(c3ccccc3C)C2)cc1. The summed E-state index contributed by atoms with van der Waals surface area (Å²) >= 11 is 0. The Morgan fingerprint density at radius 3 is 2.29 bits per heavy atom. The van der Waals surface area contributed by atoms with Gasteiger partial charge in [-0.2, -0.15) is 0 Å². The van der Waals surface area contributed by atoms with E-state index in [1.165, 1.54) is 16.7 Å². The number of amides is 1. The molecule has 3 aromatic carbocycles. The van der Waals surface area contributed by atoms with Gasteiger partial charge in [0, 0.05) is 43.7 Å². The molecule has 0 aromatic heterocycles. The second-order valence-corrected chi connectivity index (χ2v) is 9.68. The van der Waals surface area contributed by atoms with E-state index in [1.807, 2.05) is 42.5 Å². The van der Waals surface area contributed by atoms with Gasteiger partial charge in [0.25, 0.3) is 5.91 Å². The Balaban J connectivity index is 1.57. The van der Waals surface area contributed by atoms with Gasteiger partial charge in [-0.05, 0) is 67.6 Å². The number of carbonyl (C=O) groups excluding carboxylic acids is 1. The largest absolute Gasteiger partial charge is 0.497 e. The van der Waals surface area contributed by atoms with E-state index < -0.39 is 0 Å². The van der Waals surface area contributed by atoms with Gasteiger partial charge < -0.3 is 9.64 Å². The van der Waals surface area contributed by atoms with Gasteiger partial charge in [-0.15, -0.1) is 0 Å². The van der Waals surface area contributed by atoms with Crippen molar-refractivity contribution in [2.24, 2.45) is 5.92 Å². The van der Waals surface area contributed by atoms with Crippen LogP contribution < -0.4 is 4.74 Å². The predicted molar refractivity (Wildman–Crippen MR) is 138 cm³/mol. The van der Waals surface area contributed by atoms with Crippen LogP contribution in [0.15, 0.2) is 78.9 Å². The monoisotopic (exact) mass is 456 g/mol. The van der Waals surface area contributed by atoms with Gasteiger partial charge in [0.1, 0.15) is 5.75 Å². The Kier molecular flexibility index (Phi) is 7.69. The third-order valence-corrected chi connectivity index (χ3v) is 7.01. The first-order valence-corrected chi connectivity index (χ1v) is 12.2. The molecule has 2 unspecified atom stereocenters. The van der Waals surface area contributed by atoms with E-state index in [4.69, 9.17) is 4.74 Å². The van der Waals surface area contributed by atoms with Crippen LogP contribution in [-0.2, 0) is 6.54 Å². The summed E-state index contributed by atoms with van der Waals surface area (Å²) in [6.45, 7) is 10.1. The fourth-order valence-corrected chi connectivity index (χ4v) is 5.15. The van der Waals surface area contributed by atoms with Crippen LogP contribution in [0, 0.1) is 12.8 Å². The van der Waals surface area contributed by atoms with Crippen molar-refractivity contribution in [3.63, 3.8) is 0 Å². The number of carbonyl (C=O) groups is 1. The Hall–Kier alpha value is -3.11. The lowest BCUT2D eigenvalue weighted by Crippen LogP contribution is -2.42. The number of hydrogen-bond acceptors (Lipinski definition) is 3. The van der Waals surface area contributed by atoms with Crippen LogP contribution in [0.2, 0.25) is 0 Å². The molecule has 34 heavy (non-hydrogen) atoms. The second-order valence-electron chi connectivity index (χ2n) is 9.68. The third kappa shape index (κ3) is 5.51. The molecule has 0 N–H and O–H groups in total. The molecule has 3 aromatic rings. The average Bonchev–Trinajstić information content (AvgIpc) is 3.25. The minimum Gasteiger partial charge on any atom is -0.497 e. The van der Waals surface area contributed by atoms with E-state index in [9.17, 15) is 4.79 Å². The zero-order chi connectivity index (χ0) is 24.1. The van der Waals surface area contributed by atoms with E-state index >= 15 is 0 Å². The van der Waals surface area contributed by atoms with Crippen LogP contribution in [0.5, 0.6) is 5.75 Å². The van der Waals surface area contributed by atoms with Crippen molar-refractivity contribution in [2.75, 3.05) is 26.7 Å². The zero-order valence-corrected chi connectivity index (χ0v) is 20.8. The predicted octanol–water partition coefficient (Wildman–Crippen LogP) is 5.77. The molecule has 178 valence electrons. The molecule has 4 heteroatoms. The number of benzene rings is 3. The van der Waals surface area contributed by atoms with E-state index in [1.54, 1.807) is 7.11 Å². The first kappa shape index (κ1) is 24.0. The summed E-state index contributed by atoms with van der Waals surface area (Å²) < 4.78 is 5.32. The molecule has 0 bridgehead atoms. The summed E-state index contributed by atoms with van der Waals surface area (Å²) in [5, 5.41) is 0. The maximum atomic E-state index is 13.4. The molecule has 1 amide bonds. The van der Waals surface area contributed by atoms with Crippen LogP contribution in [0.3, 0.4) is 0 Å². The van der Waals surface area contributed by atoms with Crippen LogP contribution in [-0.4, -0.2) is 48.5 Å². The highest BCUT2D eigenvalue weighted by Crippen LogP contribution is 2.36. The summed E-state index contributed by atoms with van der Waals surface area (Å²) in [6, 6.07) is 26.9. The average molecular weight is 457 g/mol. The standard InChI is InChI=1S/C30H36N2O2/c1-22(2)32(30(33)25-11-6-5-7-12-25)20-26-19-31(18-24-14-16-27(34-4)17-15-24)21-29(26)28-13-9-8-10-23(28)3/h5-17,22,26,29H,18-21H2,1-4H3. The van der Waals surface area contributed by atoms with E-state index in [-0.39, 0.29) is 11.9 Å². The number of nitrogens with zero attached hydrogens (tertiary/aromatic N) is 2. The van der Waals surface area contributed by atoms with Crippen molar-refractivity contribution in [2.45, 2.75) is 39.3 Å². The van der Waals surface area contributed by atoms with E-state index in [0.29, 0.717) is 11.8 Å². The van der Waals surface area contributed by atoms with Crippen molar-refractivity contribution in [1.29, 1.82) is 0 Å². The van der Waals surface area contributed by atoms with Crippen LogP contribution in [0.25, 0.3) is 0 Å². The van der Waals surface area contributed by atoms with Gasteiger partial charge in [-0.25, -0.2) is 0 Å². The molecule has 0 saturated carbocycles. The highest BCUT2D eigenvalue weighted by molar-refractivity contribution is 5.94. The van der Waals surface area contributed by atoms with Crippen LogP contribution in [0.4, 0.5) is 0 Å². The second kappa shape index (κ2) is 10.9. The maximum Gasteiger partial charge on any atom is 0.254 e. The maximum absolute atomic E-state index is 13.4. The first-order valence-electron chi connectivity index (χ1n) is 12.2. The minimum atomic E-state index is 0.118. The molecule has 1 aliphatic heterocycles. The highest BCUT2D eigenvalue weighted by atomic mass is 16.5. The summed E-state index contributed by atoms with van der Waals surface area (Å²) in [5.41, 5.74) is 4.78. The summed E-state index contributed by atoms with van der Waals surface area (Å²) in [7, 11) is 1.70. The molecule has 1 fully saturated rings. The summed E-state index contributed by atoms with van der Waals surface area (Å²) in [6.07, 6.45) is 0. The van der Waals surface area contributed by atoms with Crippen molar-refractivity contribution < 1.29 is 9.53 Å². The molecule has 1 aliphatic rings. The van der Waals surface area contributed by atoms with Gasteiger partial charge >= 0.3 is 0 Å². The Labute approximate surface area is 204 Å². The van der Waals surface area contributed by atoms with Crippen molar-refractivity contribution in [3.05, 3.63) is 101 Å². The van der Waals surface area contributed by atoms with Crippen LogP contribution >= 0.6 is 0 Å². The highest BCUT2D eigenvalue weighted by Gasteiger charge is 2.37. The molecule has 0 spiro atoms. The fourth-order valence-electron chi connectivity index (χ4n) is 5.15. The molecule has 1 saturated heterocycles. The Morgan fingerprint density at radius 2 is 1.65 bits per heavy atom. The van der Waals surface area contributed by atoms with E-state index in [2.05, 4.69) is 67.0 Å². The van der Waals surface area contributed by atoms with Gasteiger partial charge in [-0.1, -0.05) is 54.6 Å². The Bertz CT molecular complexity index is 1080. The van der Waals surface area contributed by atoms with Gasteiger partial charge in [0.2, 0.25) is 0 Å². The summed E-state index contributed by atoms with van der Waals surface area (Å²) in [4.78, 5) is 18.0. The number of ether oxygens (including phenoxy) is 1. The van der Waals surface area contributed by atoms with Gasteiger partial charge in [-0.3, -0.25) is 9.69 Å². The lowest BCUT2D eigenvalue weighted by atomic mass is 9.86. The quantitative estimate of drug-likeness (QED) is 0.431. The third-order valence-electron chi connectivity index (χ3n) is 7.01. The van der Waals surface area contributed by atoms with Crippen molar-refractivity contribution in [3.8, 4) is 5.75 Å². The number of hydrogen-bond donors (Lipinski definition) is 0. The lowest BCUT2D eigenvalue weighted by molar-refractivity contribution is 0.0668. The minimum absolute atomic E-state index is 0.118. The van der Waals surface area contributed by atoms with Crippen molar-refractivity contribution >= 4 is 5.91 Å². The van der Waals surface area contributed by atoms with E-state index in [0.717, 1.165) is 37.5 Å².